The van der Waals surface area contributed by atoms with Crippen LogP contribution in [0.15, 0.2) is 66.9 Å². The van der Waals surface area contributed by atoms with Gasteiger partial charge in [-0.05, 0) is 24.6 Å². The van der Waals surface area contributed by atoms with Crippen molar-refractivity contribution in [2.75, 3.05) is 6.61 Å². The van der Waals surface area contributed by atoms with Crippen LogP contribution in [0.5, 0.6) is 0 Å². The summed E-state index contributed by atoms with van der Waals surface area (Å²) in [5.41, 5.74) is 4.54. The fourth-order valence-electron chi connectivity index (χ4n) is 3.36. The van der Waals surface area contributed by atoms with Crippen LogP contribution in [-0.2, 0) is 18.3 Å². The summed E-state index contributed by atoms with van der Waals surface area (Å²) in [6, 6.07) is 20.2. The van der Waals surface area contributed by atoms with Gasteiger partial charge in [0.25, 0.3) is 0 Å². The quantitative estimate of drug-likeness (QED) is 0.500. The number of aryl methyl sites for hydroxylation is 1. The SMILES string of the molecule is CCOC(=O)c1cc(-c2cn(C)c3ccccc23)n(Cc2ccccc2)n1. The Morgan fingerprint density at radius 3 is 2.59 bits per heavy atom. The Balaban J connectivity index is 1.85. The van der Waals surface area contributed by atoms with E-state index >= 15 is 0 Å². The Morgan fingerprint density at radius 2 is 1.81 bits per heavy atom. The zero-order valence-corrected chi connectivity index (χ0v) is 15.4. The van der Waals surface area contributed by atoms with Gasteiger partial charge in [-0.25, -0.2) is 4.79 Å². The predicted octanol–water partition coefficient (Wildman–Crippen LogP) is 4.27. The lowest BCUT2D eigenvalue weighted by Crippen LogP contribution is -2.08. The lowest BCUT2D eigenvalue weighted by molar-refractivity contribution is 0.0518. The monoisotopic (exact) mass is 359 g/mol. The van der Waals surface area contributed by atoms with Gasteiger partial charge in [-0.3, -0.25) is 4.68 Å². The molecule has 0 saturated carbocycles. The van der Waals surface area contributed by atoms with Gasteiger partial charge in [-0.15, -0.1) is 0 Å². The second-order valence-electron chi connectivity index (χ2n) is 6.45. The van der Waals surface area contributed by atoms with Crippen molar-refractivity contribution < 1.29 is 9.53 Å². The van der Waals surface area contributed by atoms with Crippen molar-refractivity contribution in [1.82, 2.24) is 14.3 Å². The minimum Gasteiger partial charge on any atom is -0.461 e. The average Bonchev–Trinajstić information content (AvgIpc) is 3.24. The molecule has 0 amide bonds. The summed E-state index contributed by atoms with van der Waals surface area (Å²) in [4.78, 5) is 12.3. The number of benzene rings is 2. The van der Waals surface area contributed by atoms with Crippen LogP contribution < -0.4 is 0 Å². The number of para-hydroxylation sites is 1. The Morgan fingerprint density at radius 1 is 1.07 bits per heavy atom. The minimum absolute atomic E-state index is 0.327. The fraction of sp³-hybridized carbons (Fsp3) is 0.182. The van der Waals surface area contributed by atoms with E-state index in [1.54, 1.807) is 6.92 Å². The normalized spacial score (nSPS) is 11.0. The van der Waals surface area contributed by atoms with Crippen LogP contribution in [-0.4, -0.2) is 26.9 Å². The van der Waals surface area contributed by atoms with E-state index < -0.39 is 5.97 Å². The summed E-state index contributed by atoms with van der Waals surface area (Å²) in [7, 11) is 2.02. The van der Waals surface area contributed by atoms with Crippen LogP contribution in [0.25, 0.3) is 22.2 Å². The molecular formula is C22H21N3O2. The van der Waals surface area contributed by atoms with Gasteiger partial charge in [0.1, 0.15) is 0 Å². The second-order valence-corrected chi connectivity index (χ2v) is 6.45. The molecule has 5 nitrogen and oxygen atoms in total. The van der Waals surface area contributed by atoms with Crippen LogP contribution in [0.3, 0.4) is 0 Å². The third-order valence-electron chi connectivity index (χ3n) is 4.61. The number of carbonyl (C=O) groups is 1. The number of ether oxygens (including phenoxy) is 1. The minimum atomic E-state index is -0.397. The topological polar surface area (TPSA) is 49.0 Å². The molecule has 0 fully saturated rings. The first-order valence-corrected chi connectivity index (χ1v) is 9.00. The molecule has 0 saturated heterocycles. The van der Waals surface area contributed by atoms with Crippen molar-refractivity contribution in [3.05, 3.63) is 78.1 Å². The number of rotatable bonds is 5. The van der Waals surface area contributed by atoms with E-state index in [2.05, 4.69) is 40.1 Å². The first-order valence-electron chi connectivity index (χ1n) is 9.00. The van der Waals surface area contributed by atoms with Crippen molar-refractivity contribution in [2.45, 2.75) is 13.5 Å². The summed E-state index contributed by atoms with van der Waals surface area (Å²) in [6.07, 6.45) is 2.08. The molecule has 5 heteroatoms. The average molecular weight is 359 g/mol. The van der Waals surface area contributed by atoms with E-state index in [0.29, 0.717) is 18.8 Å². The predicted molar refractivity (Wildman–Crippen MR) is 106 cm³/mol. The lowest BCUT2D eigenvalue weighted by Gasteiger charge is -2.07. The number of esters is 1. The lowest BCUT2D eigenvalue weighted by atomic mass is 10.1. The van der Waals surface area contributed by atoms with E-state index in [0.717, 1.165) is 27.7 Å². The number of nitrogens with zero attached hydrogens (tertiary/aromatic N) is 3. The van der Waals surface area contributed by atoms with E-state index in [1.165, 1.54) is 0 Å². The third-order valence-corrected chi connectivity index (χ3v) is 4.61. The van der Waals surface area contributed by atoms with Gasteiger partial charge in [0.2, 0.25) is 0 Å². The maximum atomic E-state index is 12.3. The molecular weight excluding hydrogens is 338 g/mol. The van der Waals surface area contributed by atoms with Crippen LogP contribution in [0.2, 0.25) is 0 Å². The zero-order chi connectivity index (χ0) is 18.8. The molecule has 0 bridgehead atoms. The van der Waals surface area contributed by atoms with Gasteiger partial charge in [-0.2, -0.15) is 5.10 Å². The molecule has 0 N–H and O–H groups in total. The van der Waals surface area contributed by atoms with Gasteiger partial charge >= 0.3 is 5.97 Å². The van der Waals surface area contributed by atoms with E-state index in [1.807, 2.05) is 48.1 Å². The van der Waals surface area contributed by atoms with Crippen molar-refractivity contribution >= 4 is 16.9 Å². The highest BCUT2D eigenvalue weighted by Crippen LogP contribution is 2.31. The second kappa shape index (κ2) is 7.11. The molecule has 0 spiro atoms. The molecule has 4 rings (SSSR count). The molecule has 0 aliphatic rings. The van der Waals surface area contributed by atoms with Crippen LogP contribution >= 0.6 is 0 Å². The number of hydrogen-bond donors (Lipinski definition) is 0. The van der Waals surface area contributed by atoms with Crippen LogP contribution in [0.4, 0.5) is 0 Å². The summed E-state index contributed by atoms with van der Waals surface area (Å²) < 4.78 is 9.13. The van der Waals surface area contributed by atoms with Gasteiger partial charge in [0.15, 0.2) is 5.69 Å². The van der Waals surface area contributed by atoms with Gasteiger partial charge in [-0.1, -0.05) is 48.5 Å². The maximum absolute atomic E-state index is 12.3. The Kier molecular flexibility index (Phi) is 4.50. The molecule has 2 aromatic heterocycles. The van der Waals surface area contributed by atoms with E-state index in [-0.39, 0.29) is 0 Å². The fourth-order valence-corrected chi connectivity index (χ4v) is 3.36. The standard InChI is InChI=1S/C22H21N3O2/c1-3-27-22(26)19-13-21(25(23-19)14-16-9-5-4-6-10-16)18-15-24(2)20-12-8-7-11-17(18)20/h4-13,15H,3,14H2,1-2H3. The first kappa shape index (κ1) is 17.1. The molecule has 0 aliphatic carbocycles. The molecule has 0 aliphatic heterocycles. The molecule has 0 unspecified atom stereocenters. The Bertz CT molecular complexity index is 1090. The molecule has 136 valence electrons. The maximum Gasteiger partial charge on any atom is 0.358 e. The highest BCUT2D eigenvalue weighted by molar-refractivity contribution is 5.97. The molecule has 2 heterocycles. The summed E-state index contributed by atoms with van der Waals surface area (Å²) in [5, 5.41) is 5.68. The summed E-state index contributed by atoms with van der Waals surface area (Å²) in [5.74, 6) is -0.397. The van der Waals surface area contributed by atoms with Gasteiger partial charge < -0.3 is 9.30 Å². The molecule has 4 aromatic rings. The molecule has 27 heavy (non-hydrogen) atoms. The van der Waals surface area contributed by atoms with Crippen molar-refractivity contribution in [2.24, 2.45) is 7.05 Å². The van der Waals surface area contributed by atoms with Crippen molar-refractivity contribution in [1.29, 1.82) is 0 Å². The van der Waals surface area contributed by atoms with Gasteiger partial charge in [0.05, 0.1) is 18.8 Å². The summed E-state index contributed by atoms with van der Waals surface area (Å²) in [6.45, 7) is 2.71. The highest BCUT2D eigenvalue weighted by Gasteiger charge is 2.19. The molecule has 2 aromatic carbocycles. The van der Waals surface area contributed by atoms with E-state index in [9.17, 15) is 4.79 Å². The van der Waals surface area contributed by atoms with Crippen LogP contribution in [0, 0.1) is 0 Å². The number of hydrogen-bond acceptors (Lipinski definition) is 3. The van der Waals surface area contributed by atoms with E-state index in [4.69, 9.17) is 4.74 Å². The Labute approximate surface area is 157 Å². The molecule has 0 atom stereocenters. The smallest absolute Gasteiger partial charge is 0.358 e. The highest BCUT2D eigenvalue weighted by atomic mass is 16.5. The number of fused-ring (bicyclic) bond motifs is 1. The number of aromatic nitrogens is 3. The number of carbonyl (C=O) groups excluding carboxylic acids is 1. The third kappa shape index (κ3) is 3.24. The van der Waals surface area contributed by atoms with Crippen molar-refractivity contribution in [3.8, 4) is 11.3 Å². The first-order chi connectivity index (χ1) is 13.2. The molecule has 0 radical (unpaired) electrons. The van der Waals surface area contributed by atoms with Gasteiger partial charge in [0, 0.05) is 29.7 Å². The zero-order valence-electron chi connectivity index (χ0n) is 15.4. The van der Waals surface area contributed by atoms with Crippen molar-refractivity contribution in [3.63, 3.8) is 0 Å². The Hall–Kier alpha value is -3.34. The summed E-state index contributed by atoms with van der Waals surface area (Å²) >= 11 is 0. The van der Waals surface area contributed by atoms with Crippen LogP contribution in [0.1, 0.15) is 23.0 Å². The largest absolute Gasteiger partial charge is 0.461 e.